The molecule has 0 aromatic heterocycles. The summed E-state index contributed by atoms with van der Waals surface area (Å²) >= 11 is 4.39. The molecular weight excluding hydrogens is 282 g/mol. The van der Waals surface area contributed by atoms with Crippen molar-refractivity contribution in [3.63, 3.8) is 0 Å². The van der Waals surface area contributed by atoms with Gasteiger partial charge in [0.1, 0.15) is 0 Å². The third-order valence-electron chi connectivity index (χ3n) is 1.21. The summed E-state index contributed by atoms with van der Waals surface area (Å²) in [7, 11) is 3.23. The summed E-state index contributed by atoms with van der Waals surface area (Å²) < 4.78 is 9.83. The van der Waals surface area contributed by atoms with Crippen LogP contribution in [0.1, 0.15) is 0 Å². The predicted octanol–water partition coefficient (Wildman–Crippen LogP) is 2.52. The van der Waals surface area contributed by atoms with Gasteiger partial charge in [-0.25, -0.2) is 0 Å². The maximum Gasteiger partial charge on any atom is 2.00 e. The van der Waals surface area contributed by atoms with Crippen molar-refractivity contribution in [3.8, 4) is 11.5 Å². The van der Waals surface area contributed by atoms with Gasteiger partial charge in [-0.1, -0.05) is 0 Å². The monoisotopic (exact) mass is 292 g/mol. The van der Waals surface area contributed by atoms with E-state index < -0.39 is 0 Å². The first-order valence-electron chi connectivity index (χ1n) is 3.23. The van der Waals surface area contributed by atoms with Crippen molar-refractivity contribution in [1.82, 2.24) is 0 Å². The van der Waals surface area contributed by atoms with Gasteiger partial charge < -0.3 is 21.1 Å². The van der Waals surface area contributed by atoms with E-state index in [1.807, 2.05) is 6.07 Å². The van der Waals surface area contributed by atoms with Crippen LogP contribution in [0.25, 0.3) is 0 Å². The number of methoxy groups -OCH3 is 2. The second-order valence-corrected chi connectivity index (χ2v) is 1.80. The van der Waals surface area contributed by atoms with Crippen LogP contribution in [0, 0.1) is 12.4 Å². The molecule has 0 heterocycles. The summed E-state index contributed by atoms with van der Waals surface area (Å²) in [5.74, 6) is 1.52. The Morgan fingerprint density at radius 3 is 2.15 bits per heavy atom. The standard InChI is InChI=1S/C8H9O2.CH2Cl.Pd/c1-9-7-3-5-8(10-2)6-4-7;1-2;/h3-5H,1-2H3;1H2;/q2*-1;+2. The Morgan fingerprint density at radius 1 is 1.23 bits per heavy atom. The van der Waals surface area contributed by atoms with Gasteiger partial charge in [0.05, 0.1) is 14.2 Å². The molecular formula is C9H11ClO2Pd. The van der Waals surface area contributed by atoms with Crippen LogP contribution in [-0.4, -0.2) is 14.2 Å². The first kappa shape index (κ1) is 15.3. The van der Waals surface area contributed by atoms with E-state index in [2.05, 4.69) is 24.1 Å². The molecule has 0 fully saturated rings. The number of halogens is 1. The van der Waals surface area contributed by atoms with Gasteiger partial charge >= 0.3 is 20.4 Å². The van der Waals surface area contributed by atoms with Crippen molar-refractivity contribution >= 4 is 11.6 Å². The fourth-order valence-electron chi connectivity index (χ4n) is 0.650. The van der Waals surface area contributed by atoms with E-state index in [4.69, 9.17) is 9.47 Å². The number of benzene rings is 1. The summed E-state index contributed by atoms with van der Waals surface area (Å²) in [4.78, 5) is 0. The Labute approximate surface area is 97.8 Å². The van der Waals surface area contributed by atoms with E-state index in [1.54, 1.807) is 26.4 Å². The number of hydrogen-bond donors (Lipinski definition) is 0. The fraction of sp³-hybridized carbons (Fsp3) is 0.222. The smallest absolute Gasteiger partial charge is 0.554 e. The Hall–Kier alpha value is -0.228. The summed E-state index contributed by atoms with van der Waals surface area (Å²) in [6.07, 6.45) is 2.72. The molecule has 0 bridgehead atoms. The normalized spacial score (nSPS) is 7.38. The molecule has 1 aromatic rings. The van der Waals surface area contributed by atoms with Gasteiger partial charge in [0.15, 0.2) is 0 Å². The van der Waals surface area contributed by atoms with Crippen molar-refractivity contribution in [2.24, 2.45) is 0 Å². The van der Waals surface area contributed by atoms with Crippen molar-refractivity contribution in [2.45, 2.75) is 0 Å². The molecule has 2 nitrogen and oxygen atoms in total. The van der Waals surface area contributed by atoms with Gasteiger partial charge in [-0.05, 0) is 0 Å². The van der Waals surface area contributed by atoms with Crippen LogP contribution in [0.3, 0.4) is 0 Å². The van der Waals surface area contributed by atoms with Gasteiger partial charge in [-0.2, -0.15) is 0 Å². The minimum absolute atomic E-state index is 0. The SMILES string of the molecule is COc1[c-]cc(OC)cc1.[CH2-]Cl.[Pd+2]. The summed E-state index contributed by atoms with van der Waals surface area (Å²) in [5.41, 5.74) is 0. The van der Waals surface area contributed by atoms with Crippen LogP contribution in [-0.2, 0) is 20.4 Å². The van der Waals surface area contributed by atoms with Gasteiger partial charge in [-0.15, -0.1) is 24.3 Å². The Kier molecular flexibility index (Phi) is 11.6. The fourth-order valence-corrected chi connectivity index (χ4v) is 0.650. The quantitative estimate of drug-likeness (QED) is 0.616. The zero-order valence-electron chi connectivity index (χ0n) is 7.45. The van der Waals surface area contributed by atoms with Crippen molar-refractivity contribution in [1.29, 1.82) is 0 Å². The van der Waals surface area contributed by atoms with Gasteiger partial charge in [0.2, 0.25) is 0 Å². The summed E-state index contributed by atoms with van der Waals surface area (Å²) in [6, 6.07) is 8.26. The molecule has 0 spiro atoms. The average molecular weight is 293 g/mol. The molecule has 0 saturated carbocycles. The third-order valence-corrected chi connectivity index (χ3v) is 1.21. The van der Waals surface area contributed by atoms with Gasteiger partial charge in [0, 0.05) is 11.5 Å². The molecule has 0 saturated heterocycles. The van der Waals surface area contributed by atoms with Crippen LogP contribution in [0.4, 0.5) is 0 Å². The molecule has 0 N–H and O–H groups in total. The Balaban J connectivity index is 0. The Bertz CT molecular complexity index is 178. The third kappa shape index (κ3) is 5.93. The second kappa shape index (κ2) is 9.86. The van der Waals surface area contributed by atoms with Crippen molar-refractivity contribution in [3.05, 3.63) is 30.6 Å². The molecule has 0 atom stereocenters. The molecule has 0 aliphatic heterocycles. The van der Waals surface area contributed by atoms with Crippen LogP contribution >= 0.6 is 11.6 Å². The molecule has 0 aliphatic carbocycles. The summed E-state index contributed by atoms with van der Waals surface area (Å²) in [6.45, 7) is 0. The zero-order valence-corrected chi connectivity index (χ0v) is 9.76. The van der Waals surface area contributed by atoms with Crippen molar-refractivity contribution < 1.29 is 29.9 Å². The first-order valence-corrected chi connectivity index (χ1v) is 3.76. The first-order chi connectivity index (χ1) is 5.86. The van der Waals surface area contributed by atoms with Gasteiger partial charge in [0.25, 0.3) is 0 Å². The van der Waals surface area contributed by atoms with Crippen LogP contribution in [0.15, 0.2) is 18.2 Å². The van der Waals surface area contributed by atoms with E-state index >= 15 is 0 Å². The van der Waals surface area contributed by atoms with E-state index in [9.17, 15) is 0 Å². The van der Waals surface area contributed by atoms with Gasteiger partial charge in [-0.3, -0.25) is 6.38 Å². The molecule has 1 aromatic carbocycles. The molecule has 1 rings (SSSR count). The van der Waals surface area contributed by atoms with Crippen molar-refractivity contribution in [2.75, 3.05) is 14.2 Å². The molecule has 0 unspecified atom stereocenters. The van der Waals surface area contributed by atoms with Crippen LogP contribution in [0.5, 0.6) is 11.5 Å². The maximum atomic E-state index is 4.93. The molecule has 0 aliphatic rings. The molecule has 0 radical (unpaired) electrons. The van der Waals surface area contributed by atoms with E-state index in [0.29, 0.717) is 0 Å². The van der Waals surface area contributed by atoms with E-state index in [0.717, 1.165) is 11.5 Å². The number of hydrogen-bond acceptors (Lipinski definition) is 2. The molecule has 13 heavy (non-hydrogen) atoms. The van der Waals surface area contributed by atoms with Crippen LogP contribution < -0.4 is 9.47 Å². The molecule has 76 valence electrons. The Morgan fingerprint density at radius 2 is 1.85 bits per heavy atom. The minimum Gasteiger partial charge on any atom is -0.554 e. The average Bonchev–Trinajstić information content (AvgIpc) is 2.21. The largest absolute Gasteiger partial charge is 2.00 e. The maximum absolute atomic E-state index is 4.93. The predicted molar refractivity (Wildman–Crippen MR) is 49.6 cm³/mol. The van der Waals surface area contributed by atoms with Crippen LogP contribution in [0.2, 0.25) is 0 Å². The zero-order chi connectivity index (χ0) is 9.40. The molecule has 4 heteroatoms. The minimum atomic E-state index is 0. The van der Waals surface area contributed by atoms with E-state index in [-0.39, 0.29) is 20.4 Å². The summed E-state index contributed by atoms with van der Waals surface area (Å²) in [5, 5.41) is 0. The second-order valence-electron chi connectivity index (χ2n) is 1.80. The number of rotatable bonds is 2. The topological polar surface area (TPSA) is 18.5 Å². The molecule has 0 amide bonds. The number of ether oxygens (including phenoxy) is 2. The van der Waals surface area contributed by atoms with E-state index in [1.165, 1.54) is 0 Å².